The molecule has 0 aliphatic heterocycles. The Labute approximate surface area is 119 Å². The molecule has 2 amide bonds. The Morgan fingerprint density at radius 1 is 1.30 bits per heavy atom. The molecule has 0 aliphatic rings. The van der Waals surface area contributed by atoms with Crippen LogP contribution in [0, 0.1) is 5.92 Å². The van der Waals surface area contributed by atoms with E-state index in [9.17, 15) is 9.59 Å². The molecule has 1 rings (SSSR count). The van der Waals surface area contributed by atoms with Crippen molar-refractivity contribution in [1.29, 1.82) is 0 Å². The number of hydrogen-bond donors (Lipinski definition) is 2. The number of nitrogens with one attached hydrogen (secondary N) is 1. The van der Waals surface area contributed by atoms with Crippen molar-refractivity contribution in [2.24, 2.45) is 5.92 Å². The number of carboxylic acids is 1. The lowest BCUT2D eigenvalue weighted by Crippen LogP contribution is -2.40. The van der Waals surface area contributed by atoms with Crippen molar-refractivity contribution in [2.75, 3.05) is 20.1 Å². The first kappa shape index (κ1) is 16.0. The first-order valence-electron chi connectivity index (χ1n) is 6.72. The standard InChI is InChI=1S/C15H22N2O3/c1-11(2)10-17(3)15(20)16-9-8-12-6-4-5-7-13(12)14(18)19/h4-7,11H,8-10H2,1-3H3,(H,16,20)(H,18,19). The van der Waals surface area contributed by atoms with Gasteiger partial charge in [-0.1, -0.05) is 32.0 Å². The van der Waals surface area contributed by atoms with E-state index in [1.54, 1.807) is 36.2 Å². The fraction of sp³-hybridized carbons (Fsp3) is 0.467. The summed E-state index contributed by atoms with van der Waals surface area (Å²) in [5, 5.41) is 11.9. The van der Waals surface area contributed by atoms with E-state index < -0.39 is 5.97 Å². The Balaban J connectivity index is 2.49. The molecule has 0 heterocycles. The van der Waals surface area contributed by atoms with Crippen molar-refractivity contribution in [3.05, 3.63) is 35.4 Å². The van der Waals surface area contributed by atoms with E-state index in [1.807, 2.05) is 13.8 Å². The average Bonchev–Trinajstić information content (AvgIpc) is 2.38. The maximum absolute atomic E-state index is 11.8. The zero-order valence-electron chi connectivity index (χ0n) is 12.2. The van der Waals surface area contributed by atoms with E-state index in [4.69, 9.17) is 5.11 Å². The fourth-order valence-corrected chi connectivity index (χ4v) is 2.02. The second-order valence-electron chi connectivity index (χ2n) is 5.22. The Kier molecular flexibility index (Phi) is 6.03. The molecule has 5 heteroatoms. The van der Waals surface area contributed by atoms with Gasteiger partial charge in [0, 0.05) is 20.1 Å². The van der Waals surface area contributed by atoms with Crippen molar-refractivity contribution < 1.29 is 14.7 Å². The number of carbonyl (C=O) groups is 2. The number of urea groups is 1. The van der Waals surface area contributed by atoms with Crippen molar-refractivity contribution >= 4 is 12.0 Å². The number of benzene rings is 1. The van der Waals surface area contributed by atoms with Crippen LogP contribution in [0.2, 0.25) is 0 Å². The minimum absolute atomic E-state index is 0.133. The summed E-state index contributed by atoms with van der Waals surface area (Å²) in [6, 6.07) is 6.71. The molecule has 0 unspecified atom stereocenters. The molecule has 0 aromatic heterocycles. The van der Waals surface area contributed by atoms with E-state index in [1.165, 1.54) is 0 Å². The summed E-state index contributed by atoms with van der Waals surface area (Å²) in [4.78, 5) is 24.5. The maximum Gasteiger partial charge on any atom is 0.335 e. The van der Waals surface area contributed by atoms with E-state index in [0.717, 1.165) is 5.56 Å². The average molecular weight is 278 g/mol. The van der Waals surface area contributed by atoms with Crippen molar-refractivity contribution in [3.63, 3.8) is 0 Å². The van der Waals surface area contributed by atoms with Crippen LogP contribution in [0.5, 0.6) is 0 Å². The predicted molar refractivity (Wildman–Crippen MR) is 78.0 cm³/mol. The zero-order chi connectivity index (χ0) is 15.1. The van der Waals surface area contributed by atoms with Crippen LogP contribution in [0.15, 0.2) is 24.3 Å². The molecule has 0 aliphatic carbocycles. The van der Waals surface area contributed by atoms with Gasteiger partial charge < -0.3 is 15.3 Å². The molecule has 0 atom stereocenters. The molecular weight excluding hydrogens is 256 g/mol. The molecule has 1 aromatic rings. The highest BCUT2D eigenvalue weighted by molar-refractivity contribution is 5.89. The van der Waals surface area contributed by atoms with Gasteiger partial charge in [-0.25, -0.2) is 9.59 Å². The lowest BCUT2D eigenvalue weighted by molar-refractivity contribution is 0.0695. The summed E-state index contributed by atoms with van der Waals surface area (Å²) in [5.41, 5.74) is 1.02. The molecule has 2 N–H and O–H groups in total. The highest BCUT2D eigenvalue weighted by Crippen LogP contribution is 2.09. The van der Waals surface area contributed by atoms with Crippen LogP contribution >= 0.6 is 0 Å². The first-order valence-corrected chi connectivity index (χ1v) is 6.72. The second-order valence-corrected chi connectivity index (χ2v) is 5.22. The van der Waals surface area contributed by atoms with Gasteiger partial charge in [0.15, 0.2) is 0 Å². The number of carboxylic acid groups (broad SMARTS) is 1. The van der Waals surface area contributed by atoms with Gasteiger partial charge in [-0.05, 0) is 24.0 Å². The lowest BCUT2D eigenvalue weighted by atomic mass is 10.0. The van der Waals surface area contributed by atoms with Gasteiger partial charge in [0.05, 0.1) is 5.56 Å². The van der Waals surface area contributed by atoms with Crippen LogP contribution in [0.1, 0.15) is 29.8 Å². The molecule has 0 spiro atoms. The number of amides is 2. The number of carbonyl (C=O) groups excluding carboxylic acids is 1. The van der Waals surface area contributed by atoms with Gasteiger partial charge in [0.2, 0.25) is 0 Å². The van der Waals surface area contributed by atoms with Gasteiger partial charge in [0.25, 0.3) is 0 Å². The van der Waals surface area contributed by atoms with Crippen LogP contribution in [0.4, 0.5) is 4.79 Å². The maximum atomic E-state index is 11.8. The summed E-state index contributed by atoms with van der Waals surface area (Å²) >= 11 is 0. The summed E-state index contributed by atoms with van der Waals surface area (Å²) in [5.74, 6) is -0.526. The summed E-state index contributed by atoms with van der Waals surface area (Å²) in [7, 11) is 1.75. The van der Waals surface area contributed by atoms with Gasteiger partial charge in [-0.3, -0.25) is 0 Å². The minimum atomic E-state index is -0.941. The SMILES string of the molecule is CC(C)CN(C)C(=O)NCCc1ccccc1C(=O)O. The van der Waals surface area contributed by atoms with Crippen LogP contribution in [0.3, 0.4) is 0 Å². The molecule has 0 fully saturated rings. The normalized spacial score (nSPS) is 10.4. The highest BCUT2D eigenvalue weighted by Gasteiger charge is 2.11. The van der Waals surface area contributed by atoms with Gasteiger partial charge in [0.1, 0.15) is 0 Å². The van der Waals surface area contributed by atoms with Crippen LogP contribution in [-0.4, -0.2) is 42.1 Å². The Morgan fingerprint density at radius 2 is 1.95 bits per heavy atom. The third-order valence-electron chi connectivity index (χ3n) is 2.90. The third kappa shape index (κ3) is 4.91. The monoisotopic (exact) mass is 278 g/mol. The molecule has 0 bridgehead atoms. The predicted octanol–water partition coefficient (Wildman–Crippen LogP) is 2.22. The molecule has 5 nitrogen and oxygen atoms in total. The summed E-state index contributed by atoms with van der Waals surface area (Å²) < 4.78 is 0. The lowest BCUT2D eigenvalue weighted by Gasteiger charge is -2.20. The van der Waals surface area contributed by atoms with Crippen LogP contribution < -0.4 is 5.32 Å². The van der Waals surface area contributed by atoms with Gasteiger partial charge >= 0.3 is 12.0 Å². The van der Waals surface area contributed by atoms with Crippen molar-refractivity contribution in [2.45, 2.75) is 20.3 Å². The summed E-state index contributed by atoms with van der Waals surface area (Å²) in [6.07, 6.45) is 0.504. The molecule has 110 valence electrons. The third-order valence-corrected chi connectivity index (χ3v) is 2.90. The van der Waals surface area contributed by atoms with Crippen LogP contribution in [0.25, 0.3) is 0 Å². The fourth-order valence-electron chi connectivity index (χ4n) is 2.02. The molecular formula is C15H22N2O3. The Hall–Kier alpha value is -2.04. The largest absolute Gasteiger partial charge is 0.478 e. The van der Waals surface area contributed by atoms with E-state index in [2.05, 4.69) is 5.32 Å². The van der Waals surface area contributed by atoms with Gasteiger partial charge in [-0.15, -0.1) is 0 Å². The topological polar surface area (TPSA) is 69.6 Å². The van der Waals surface area contributed by atoms with E-state index >= 15 is 0 Å². The first-order chi connectivity index (χ1) is 9.41. The summed E-state index contributed by atoms with van der Waals surface area (Å²) in [6.45, 7) is 5.21. The minimum Gasteiger partial charge on any atom is -0.478 e. The van der Waals surface area contributed by atoms with Crippen LogP contribution in [-0.2, 0) is 6.42 Å². The van der Waals surface area contributed by atoms with Crippen molar-refractivity contribution in [3.8, 4) is 0 Å². The Bertz CT molecular complexity index is 472. The highest BCUT2D eigenvalue weighted by atomic mass is 16.4. The molecule has 20 heavy (non-hydrogen) atoms. The molecule has 1 aromatic carbocycles. The molecule has 0 saturated carbocycles. The molecule has 0 saturated heterocycles. The van der Waals surface area contributed by atoms with E-state index in [-0.39, 0.29) is 11.6 Å². The Morgan fingerprint density at radius 3 is 2.55 bits per heavy atom. The second kappa shape index (κ2) is 7.53. The van der Waals surface area contributed by atoms with E-state index in [0.29, 0.717) is 25.4 Å². The number of hydrogen-bond acceptors (Lipinski definition) is 2. The molecule has 0 radical (unpaired) electrons. The number of rotatable bonds is 6. The zero-order valence-corrected chi connectivity index (χ0v) is 12.2. The quantitative estimate of drug-likeness (QED) is 0.838. The number of nitrogens with zero attached hydrogens (tertiary/aromatic N) is 1. The van der Waals surface area contributed by atoms with Gasteiger partial charge in [-0.2, -0.15) is 0 Å². The number of aromatic carboxylic acids is 1. The van der Waals surface area contributed by atoms with Crippen molar-refractivity contribution in [1.82, 2.24) is 10.2 Å². The smallest absolute Gasteiger partial charge is 0.335 e.